The van der Waals surface area contributed by atoms with Crippen molar-refractivity contribution >= 4 is 34.9 Å². The minimum atomic E-state index is -0.876. The van der Waals surface area contributed by atoms with Crippen LogP contribution in [0.2, 0.25) is 10.0 Å². The van der Waals surface area contributed by atoms with Gasteiger partial charge in [-0.2, -0.15) is 5.26 Å². The zero-order valence-electron chi connectivity index (χ0n) is 14.9. The second-order valence-electron chi connectivity index (χ2n) is 5.90. The highest BCUT2D eigenvalue weighted by Gasteiger charge is 2.39. The SMILES string of the molecule is CCOC(=O)C1=C(c2ccccc2)OC(N)=C(C#N)C1c1cccc(Cl)c1Cl. The Morgan fingerprint density at radius 3 is 2.57 bits per heavy atom. The van der Waals surface area contributed by atoms with Crippen molar-refractivity contribution in [2.45, 2.75) is 12.8 Å². The number of nitrogens with zero attached hydrogens (tertiary/aromatic N) is 1. The molecule has 28 heavy (non-hydrogen) atoms. The number of hydrogen-bond acceptors (Lipinski definition) is 5. The molecule has 2 N–H and O–H groups in total. The molecule has 1 aliphatic heterocycles. The monoisotopic (exact) mass is 414 g/mol. The first-order valence-electron chi connectivity index (χ1n) is 8.47. The van der Waals surface area contributed by atoms with Crippen LogP contribution >= 0.6 is 23.2 Å². The first-order chi connectivity index (χ1) is 13.5. The Balaban J connectivity index is 2.33. The number of rotatable bonds is 4. The van der Waals surface area contributed by atoms with Crippen molar-refractivity contribution in [1.29, 1.82) is 5.26 Å². The van der Waals surface area contributed by atoms with E-state index in [9.17, 15) is 10.1 Å². The number of esters is 1. The largest absolute Gasteiger partial charge is 0.463 e. The Morgan fingerprint density at radius 2 is 1.93 bits per heavy atom. The van der Waals surface area contributed by atoms with Crippen LogP contribution in [0.25, 0.3) is 5.76 Å². The molecule has 1 unspecified atom stereocenters. The van der Waals surface area contributed by atoms with Crippen LogP contribution in [0.5, 0.6) is 0 Å². The Hall–Kier alpha value is -2.94. The number of carbonyl (C=O) groups excluding carboxylic acids is 1. The van der Waals surface area contributed by atoms with Gasteiger partial charge in [0.05, 0.1) is 28.1 Å². The van der Waals surface area contributed by atoms with Crippen LogP contribution in [0.15, 0.2) is 65.6 Å². The number of allylic oxidation sites excluding steroid dienone is 1. The van der Waals surface area contributed by atoms with Gasteiger partial charge in [-0.1, -0.05) is 65.7 Å². The van der Waals surface area contributed by atoms with E-state index in [4.69, 9.17) is 38.4 Å². The highest BCUT2D eigenvalue weighted by atomic mass is 35.5. The molecule has 1 heterocycles. The third-order valence-corrected chi connectivity index (χ3v) is 5.08. The van der Waals surface area contributed by atoms with Gasteiger partial charge in [0.2, 0.25) is 5.88 Å². The second-order valence-corrected chi connectivity index (χ2v) is 6.68. The van der Waals surface area contributed by atoms with Crippen LogP contribution in [0.4, 0.5) is 0 Å². The molecule has 0 bridgehead atoms. The summed E-state index contributed by atoms with van der Waals surface area (Å²) in [6.07, 6.45) is 0. The summed E-state index contributed by atoms with van der Waals surface area (Å²) in [6.45, 7) is 1.85. The van der Waals surface area contributed by atoms with Crippen molar-refractivity contribution < 1.29 is 14.3 Å². The van der Waals surface area contributed by atoms with Crippen molar-refractivity contribution in [3.05, 3.63) is 86.7 Å². The smallest absolute Gasteiger partial charge is 0.338 e. The number of ether oxygens (including phenoxy) is 2. The molecule has 1 atom stereocenters. The highest BCUT2D eigenvalue weighted by molar-refractivity contribution is 6.42. The molecule has 0 radical (unpaired) electrons. The molecule has 1 aliphatic rings. The normalized spacial score (nSPS) is 16.4. The predicted octanol–water partition coefficient (Wildman–Crippen LogP) is 4.78. The van der Waals surface area contributed by atoms with E-state index in [1.807, 2.05) is 12.1 Å². The second kappa shape index (κ2) is 8.39. The predicted molar refractivity (Wildman–Crippen MR) is 107 cm³/mol. The maximum atomic E-state index is 12.9. The Morgan fingerprint density at radius 1 is 1.21 bits per heavy atom. The maximum Gasteiger partial charge on any atom is 0.338 e. The molecule has 2 aromatic rings. The van der Waals surface area contributed by atoms with Gasteiger partial charge >= 0.3 is 5.97 Å². The maximum absolute atomic E-state index is 12.9. The third kappa shape index (κ3) is 3.57. The molecule has 3 rings (SSSR count). The molecule has 0 aromatic heterocycles. The van der Waals surface area contributed by atoms with Crippen LogP contribution in [-0.4, -0.2) is 12.6 Å². The summed E-state index contributed by atoms with van der Waals surface area (Å²) in [5, 5.41) is 10.2. The molecule has 0 saturated carbocycles. The van der Waals surface area contributed by atoms with E-state index < -0.39 is 11.9 Å². The molecule has 5 nitrogen and oxygen atoms in total. The molecule has 0 aliphatic carbocycles. The first-order valence-corrected chi connectivity index (χ1v) is 9.23. The van der Waals surface area contributed by atoms with E-state index >= 15 is 0 Å². The number of hydrogen-bond donors (Lipinski definition) is 1. The highest BCUT2D eigenvalue weighted by Crippen LogP contribution is 2.45. The van der Waals surface area contributed by atoms with E-state index in [0.29, 0.717) is 16.1 Å². The molecule has 0 spiro atoms. The summed E-state index contributed by atoms with van der Waals surface area (Å²) >= 11 is 12.6. The summed E-state index contributed by atoms with van der Waals surface area (Å²) in [5.74, 6) is -1.38. The fourth-order valence-corrected chi connectivity index (χ4v) is 3.45. The summed E-state index contributed by atoms with van der Waals surface area (Å²) < 4.78 is 11.0. The zero-order chi connectivity index (χ0) is 20.3. The van der Waals surface area contributed by atoms with Crippen LogP contribution in [-0.2, 0) is 14.3 Å². The Kier molecular flexibility index (Phi) is 5.93. The fourth-order valence-electron chi connectivity index (χ4n) is 3.04. The van der Waals surface area contributed by atoms with Gasteiger partial charge in [0.1, 0.15) is 17.4 Å². The van der Waals surface area contributed by atoms with Crippen molar-refractivity contribution in [2.24, 2.45) is 5.73 Å². The number of carbonyl (C=O) groups is 1. The van der Waals surface area contributed by atoms with Crippen molar-refractivity contribution in [3.8, 4) is 6.07 Å². The van der Waals surface area contributed by atoms with Crippen LogP contribution in [0, 0.1) is 11.3 Å². The molecule has 0 saturated heterocycles. The summed E-state index contributed by atoms with van der Waals surface area (Å²) in [6, 6.07) is 16.0. The van der Waals surface area contributed by atoms with E-state index in [-0.39, 0.29) is 34.4 Å². The molecule has 0 fully saturated rings. The van der Waals surface area contributed by atoms with E-state index in [2.05, 4.69) is 0 Å². The van der Waals surface area contributed by atoms with Crippen LogP contribution in [0.3, 0.4) is 0 Å². The summed E-state index contributed by atoms with van der Waals surface area (Å²) in [4.78, 5) is 12.9. The standard InChI is InChI=1S/C21H16Cl2N2O3/c1-2-27-21(26)17-16(13-9-6-10-15(22)18(13)23)14(11-24)20(25)28-19(17)12-7-4-3-5-8-12/h3-10,16H,2,25H2,1H3. The third-order valence-electron chi connectivity index (χ3n) is 4.24. The summed E-state index contributed by atoms with van der Waals surface area (Å²) in [7, 11) is 0. The van der Waals surface area contributed by atoms with Gasteiger partial charge in [0.15, 0.2) is 0 Å². The fraction of sp³-hybridized carbons (Fsp3) is 0.143. The van der Waals surface area contributed by atoms with Crippen LogP contribution in [0.1, 0.15) is 24.0 Å². The number of nitriles is 1. The van der Waals surface area contributed by atoms with Gasteiger partial charge in [-0.25, -0.2) is 4.79 Å². The molecular weight excluding hydrogens is 399 g/mol. The van der Waals surface area contributed by atoms with Gasteiger partial charge in [0.25, 0.3) is 0 Å². The quantitative estimate of drug-likeness (QED) is 0.727. The van der Waals surface area contributed by atoms with E-state index in [1.54, 1.807) is 49.4 Å². The van der Waals surface area contributed by atoms with Gasteiger partial charge in [-0.15, -0.1) is 0 Å². The molecule has 0 amide bonds. The Labute approximate surface area is 172 Å². The average Bonchev–Trinajstić information content (AvgIpc) is 2.70. The van der Waals surface area contributed by atoms with Gasteiger partial charge < -0.3 is 15.2 Å². The van der Waals surface area contributed by atoms with Gasteiger partial charge in [-0.05, 0) is 18.6 Å². The lowest BCUT2D eigenvalue weighted by Crippen LogP contribution is -2.26. The van der Waals surface area contributed by atoms with E-state index in [0.717, 1.165) is 0 Å². The number of halogens is 2. The number of nitrogens with two attached hydrogens (primary N) is 1. The first kappa shape index (κ1) is 19.8. The average molecular weight is 415 g/mol. The molecule has 2 aromatic carbocycles. The molecular formula is C21H16Cl2N2O3. The molecule has 142 valence electrons. The molecule has 7 heteroatoms. The topological polar surface area (TPSA) is 85.3 Å². The van der Waals surface area contributed by atoms with Crippen molar-refractivity contribution in [1.82, 2.24) is 0 Å². The van der Waals surface area contributed by atoms with Gasteiger partial charge in [0, 0.05) is 5.56 Å². The lowest BCUT2D eigenvalue weighted by Gasteiger charge is -2.28. The lowest BCUT2D eigenvalue weighted by molar-refractivity contribution is -0.138. The van der Waals surface area contributed by atoms with E-state index in [1.165, 1.54) is 0 Å². The minimum Gasteiger partial charge on any atom is -0.463 e. The lowest BCUT2D eigenvalue weighted by atomic mass is 9.82. The van der Waals surface area contributed by atoms with Crippen molar-refractivity contribution in [3.63, 3.8) is 0 Å². The Bertz CT molecular complexity index is 1020. The van der Waals surface area contributed by atoms with Crippen LogP contribution < -0.4 is 5.73 Å². The summed E-state index contributed by atoms with van der Waals surface area (Å²) in [5.41, 5.74) is 7.33. The van der Waals surface area contributed by atoms with Gasteiger partial charge in [-0.3, -0.25) is 0 Å². The number of benzene rings is 2. The zero-order valence-corrected chi connectivity index (χ0v) is 16.4. The van der Waals surface area contributed by atoms with Crippen molar-refractivity contribution in [2.75, 3.05) is 6.61 Å². The minimum absolute atomic E-state index is 0.0619.